The molecule has 0 atom stereocenters. The van der Waals surface area contributed by atoms with Gasteiger partial charge in [-0.1, -0.05) is 47.6 Å². The summed E-state index contributed by atoms with van der Waals surface area (Å²) in [6, 6.07) is 18.0. The lowest BCUT2D eigenvalue weighted by Crippen LogP contribution is -2.35. The zero-order chi connectivity index (χ0) is 25.4. The Kier molecular flexibility index (Phi) is 6.39. The first-order chi connectivity index (χ1) is 17.3. The first-order valence-electron chi connectivity index (χ1n) is 11.6. The maximum absolute atomic E-state index is 13.2. The predicted octanol–water partition coefficient (Wildman–Crippen LogP) is 4.44. The summed E-state index contributed by atoms with van der Waals surface area (Å²) < 4.78 is 30.9. The highest BCUT2D eigenvalue weighted by Crippen LogP contribution is 2.26. The van der Waals surface area contributed by atoms with E-state index in [2.05, 4.69) is 23.0 Å². The van der Waals surface area contributed by atoms with Crippen LogP contribution in [0, 0.1) is 26.2 Å². The third kappa shape index (κ3) is 4.42. The van der Waals surface area contributed by atoms with E-state index in [4.69, 9.17) is 6.42 Å². The number of hydrogen-bond donors (Lipinski definition) is 0. The number of hydrogen-bond acceptors (Lipinski definition) is 4. The monoisotopic (exact) mass is 515 g/mol. The van der Waals surface area contributed by atoms with Crippen LogP contribution in [-0.4, -0.2) is 29.7 Å². The van der Waals surface area contributed by atoms with Gasteiger partial charge in [0.15, 0.2) is 4.80 Å². The van der Waals surface area contributed by atoms with Crippen LogP contribution >= 0.6 is 11.3 Å². The van der Waals surface area contributed by atoms with Gasteiger partial charge in [0, 0.05) is 18.7 Å². The Labute approximate surface area is 214 Å². The molecule has 0 fully saturated rings. The second kappa shape index (κ2) is 9.51. The van der Waals surface area contributed by atoms with Gasteiger partial charge in [0.05, 0.1) is 21.7 Å². The summed E-state index contributed by atoms with van der Waals surface area (Å²) in [5.74, 6) is 2.20. The van der Waals surface area contributed by atoms with E-state index >= 15 is 0 Å². The van der Waals surface area contributed by atoms with Crippen molar-refractivity contribution in [2.45, 2.75) is 38.3 Å². The Morgan fingerprint density at radius 3 is 2.53 bits per heavy atom. The number of carbonyl (C=O) groups is 1. The van der Waals surface area contributed by atoms with Crippen LogP contribution in [0.4, 0.5) is 0 Å². The SMILES string of the molecule is C#CCn1c(=NC(=O)c2ccc(S(=O)(=O)N3CCc4ccccc4C3)cc2)sc2cc(C)cc(C)c21. The zero-order valence-corrected chi connectivity index (χ0v) is 21.7. The van der Waals surface area contributed by atoms with Crippen molar-refractivity contribution in [3.63, 3.8) is 0 Å². The second-order valence-electron chi connectivity index (χ2n) is 8.90. The highest BCUT2D eigenvalue weighted by atomic mass is 32.2. The van der Waals surface area contributed by atoms with E-state index in [1.54, 1.807) is 0 Å². The molecule has 0 unspecified atom stereocenters. The van der Waals surface area contributed by atoms with Crippen molar-refractivity contribution in [3.05, 3.63) is 93.3 Å². The van der Waals surface area contributed by atoms with Gasteiger partial charge in [0.2, 0.25) is 10.0 Å². The summed E-state index contributed by atoms with van der Waals surface area (Å²) >= 11 is 1.41. The van der Waals surface area contributed by atoms with E-state index in [0.29, 0.717) is 36.4 Å². The number of fused-ring (bicyclic) bond motifs is 2. The van der Waals surface area contributed by atoms with Crippen molar-refractivity contribution in [2.24, 2.45) is 4.99 Å². The van der Waals surface area contributed by atoms with Crippen molar-refractivity contribution in [3.8, 4) is 12.3 Å². The number of benzene rings is 3. The lowest BCUT2D eigenvalue weighted by atomic mass is 10.0. The van der Waals surface area contributed by atoms with Gasteiger partial charge in [-0.25, -0.2) is 8.42 Å². The Morgan fingerprint density at radius 2 is 1.81 bits per heavy atom. The number of sulfonamides is 1. The number of aromatic nitrogens is 1. The standard InChI is InChI=1S/C28H25N3O3S2/c1-4-14-31-26-20(3)16-19(2)17-25(26)35-28(31)29-27(32)22-9-11-24(12-10-22)36(33,34)30-15-13-21-7-5-6-8-23(21)18-30/h1,5-12,16-17H,13-15,18H2,2-3H3. The number of thiazole rings is 1. The molecule has 8 heteroatoms. The van der Waals surface area contributed by atoms with Gasteiger partial charge in [-0.05, 0) is 72.9 Å². The molecule has 182 valence electrons. The Balaban J connectivity index is 1.44. The molecule has 2 heterocycles. The third-order valence-electron chi connectivity index (χ3n) is 6.39. The zero-order valence-electron chi connectivity index (χ0n) is 20.1. The lowest BCUT2D eigenvalue weighted by molar-refractivity contribution is 0.0997. The van der Waals surface area contributed by atoms with Gasteiger partial charge < -0.3 is 4.57 Å². The van der Waals surface area contributed by atoms with Gasteiger partial charge in [-0.2, -0.15) is 9.30 Å². The van der Waals surface area contributed by atoms with E-state index < -0.39 is 15.9 Å². The molecular formula is C28H25N3O3S2. The maximum Gasteiger partial charge on any atom is 0.279 e. The van der Waals surface area contributed by atoms with Gasteiger partial charge in [0.25, 0.3) is 5.91 Å². The normalized spacial score (nSPS) is 14.5. The van der Waals surface area contributed by atoms with Crippen LogP contribution in [-0.2, 0) is 29.5 Å². The molecule has 1 amide bonds. The smallest absolute Gasteiger partial charge is 0.279 e. The summed E-state index contributed by atoms with van der Waals surface area (Å²) in [5, 5.41) is 0. The summed E-state index contributed by atoms with van der Waals surface area (Å²) in [5.41, 5.74) is 5.68. The average Bonchev–Trinajstić information content (AvgIpc) is 3.20. The number of aryl methyl sites for hydroxylation is 2. The van der Waals surface area contributed by atoms with E-state index in [9.17, 15) is 13.2 Å². The quantitative estimate of drug-likeness (QED) is 0.377. The first-order valence-corrected chi connectivity index (χ1v) is 13.8. The molecule has 1 aliphatic heterocycles. The summed E-state index contributed by atoms with van der Waals surface area (Å²) in [4.78, 5) is 18.0. The van der Waals surface area contributed by atoms with E-state index in [1.807, 2.05) is 42.7 Å². The van der Waals surface area contributed by atoms with Crippen LogP contribution in [0.15, 0.2) is 70.6 Å². The minimum atomic E-state index is -3.68. The Morgan fingerprint density at radius 1 is 1.08 bits per heavy atom. The van der Waals surface area contributed by atoms with Gasteiger partial charge in [0.1, 0.15) is 0 Å². The summed E-state index contributed by atoms with van der Waals surface area (Å²) in [7, 11) is -3.68. The van der Waals surface area contributed by atoms with Crippen molar-refractivity contribution in [1.82, 2.24) is 8.87 Å². The molecule has 0 saturated heterocycles. The molecule has 0 aliphatic carbocycles. The van der Waals surface area contributed by atoms with E-state index in [0.717, 1.165) is 26.9 Å². The number of rotatable bonds is 4. The molecular weight excluding hydrogens is 490 g/mol. The maximum atomic E-state index is 13.2. The van der Waals surface area contributed by atoms with Crippen molar-refractivity contribution in [1.29, 1.82) is 0 Å². The molecule has 0 bridgehead atoms. The first kappa shape index (κ1) is 24.2. The molecule has 1 aliphatic rings. The fraction of sp³-hybridized carbons (Fsp3) is 0.214. The number of terminal acetylenes is 1. The van der Waals surface area contributed by atoms with Crippen LogP contribution < -0.4 is 4.80 Å². The molecule has 6 nitrogen and oxygen atoms in total. The molecule has 0 N–H and O–H groups in total. The molecule has 36 heavy (non-hydrogen) atoms. The molecule has 3 aromatic carbocycles. The van der Waals surface area contributed by atoms with E-state index in [1.165, 1.54) is 45.5 Å². The Bertz CT molecular complexity index is 1710. The van der Waals surface area contributed by atoms with Crippen LogP contribution in [0.1, 0.15) is 32.6 Å². The minimum Gasteiger partial charge on any atom is -0.304 e. The molecule has 0 saturated carbocycles. The molecule has 1 aromatic heterocycles. The molecule has 5 rings (SSSR count). The summed E-state index contributed by atoms with van der Waals surface area (Å²) in [6.07, 6.45) is 6.27. The van der Waals surface area contributed by atoms with Crippen molar-refractivity contribution >= 4 is 37.5 Å². The largest absolute Gasteiger partial charge is 0.304 e. The number of nitrogens with zero attached hydrogens (tertiary/aromatic N) is 3. The topological polar surface area (TPSA) is 71.7 Å². The minimum absolute atomic E-state index is 0.161. The molecule has 4 aromatic rings. The van der Waals surface area contributed by atoms with Gasteiger partial charge in [-0.15, -0.1) is 6.42 Å². The van der Waals surface area contributed by atoms with Gasteiger partial charge >= 0.3 is 0 Å². The number of amides is 1. The Hall–Kier alpha value is -3.51. The second-order valence-corrected chi connectivity index (χ2v) is 11.8. The number of carbonyl (C=O) groups excluding carboxylic acids is 1. The van der Waals surface area contributed by atoms with Crippen LogP contribution in [0.2, 0.25) is 0 Å². The van der Waals surface area contributed by atoms with Crippen LogP contribution in [0.3, 0.4) is 0 Å². The van der Waals surface area contributed by atoms with Crippen LogP contribution in [0.25, 0.3) is 10.2 Å². The van der Waals surface area contributed by atoms with Crippen molar-refractivity contribution in [2.75, 3.05) is 6.54 Å². The van der Waals surface area contributed by atoms with Crippen molar-refractivity contribution < 1.29 is 13.2 Å². The fourth-order valence-corrected chi connectivity index (χ4v) is 7.28. The molecule has 0 radical (unpaired) electrons. The summed E-state index contributed by atoms with van der Waals surface area (Å²) in [6.45, 7) is 5.11. The molecule has 0 spiro atoms. The third-order valence-corrected chi connectivity index (χ3v) is 9.28. The van der Waals surface area contributed by atoms with E-state index in [-0.39, 0.29) is 4.90 Å². The van der Waals surface area contributed by atoms with Crippen LogP contribution in [0.5, 0.6) is 0 Å². The predicted molar refractivity (Wildman–Crippen MR) is 142 cm³/mol. The lowest BCUT2D eigenvalue weighted by Gasteiger charge is -2.28. The highest BCUT2D eigenvalue weighted by molar-refractivity contribution is 7.89. The van der Waals surface area contributed by atoms with Gasteiger partial charge in [-0.3, -0.25) is 4.79 Å². The highest BCUT2D eigenvalue weighted by Gasteiger charge is 2.28. The average molecular weight is 516 g/mol. The fourth-order valence-electron chi connectivity index (χ4n) is 4.66.